The normalized spacial score (nSPS) is 15.1. The van der Waals surface area contributed by atoms with E-state index in [9.17, 15) is 4.79 Å². The van der Waals surface area contributed by atoms with E-state index in [2.05, 4.69) is 44.1 Å². The van der Waals surface area contributed by atoms with E-state index >= 15 is 0 Å². The minimum Gasteiger partial charge on any atom is -0.355 e. The number of hydrogen-bond acceptors (Lipinski definition) is 4. The predicted octanol–water partition coefficient (Wildman–Crippen LogP) is 3.94. The van der Waals surface area contributed by atoms with Crippen LogP contribution in [0.25, 0.3) is 11.4 Å². The maximum absolute atomic E-state index is 12.3. The average molecular weight is 381 g/mol. The van der Waals surface area contributed by atoms with E-state index in [4.69, 9.17) is 11.6 Å². The molecule has 1 aromatic carbocycles. The Hall–Kier alpha value is -2.66. The Morgan fingerprint density at radius 2 is 1.78 bits per heavy atom. The van der Waals surface area contributed by atoms with Crippen LogP contribution in [0.1, 0.15) is 18.4 Å². The highest BCUT2D eigenvalue weighted by molar-refractivity contribution is 6.32. The number of nitrogens with zero attached hydrogens (tertiary/aromatic N) is 3. The fourth-order valence-electron chi connectivity index (χ4n) is 3.60. The van der Waals surface area contributed by atoms with Crippen molar-refractivity contribution in [3.8, 4) is 11.4 Å². The Labute approximate surface area is 163 Å². The number of hydrogen-bond donors (Lipinski definition) is 1. The van der Waals surface area contributed by atoms with Crippen LogP contribution in [0.5, 0.6) is 0 Å². The Morgan fingerprint density at radius 1 is 1.07 bits per heavy atom. The van der Waals surface area contributed by atoms with Gasteiger partial charge in [-0.05, 0) is 42.9 Å². The molecule has 0 aliphatic carbocycles. The molecule has 1 aliphatic heterocycles. The maximum atomic E-state index is 12.3. The first-order chi connectivity index (χ1) is 13.2. The van der Waals surface area contributed by atoms with E-state index in [0.29, 0.717) is 17.6 Å². The molecule has 4 rings (SSSR count). The van der Waals surface area contributed by atoms with Crippen molar-refractivity contribution < 1.29 is 0 Å². The molecule has 5 nitrogen and oxygen atoms in total. The molecule has 0 bridgehead atoms. The first kappa shape index (κ1) is 17.7. The van der Waals surface area contributed by atoms with Gasteiger partial charge in [-0.25, -0.2) is 4.98 Å². The third kappa shape index (κ3) is 4.03. The summed E-state index contributed by atoms with van der Waals surface area (Å²) in [6.45, 7) is 1.70. The quantitative estimate of drug-likeness (QED) is 0.744. The predicted molar refractivity (Wildman–Crippen MR) is 108 cm³/mol. The lowest BCUT2D eigenvalue weighted by molar-refractivity contribution is 0.402. The molecule has 2 aromatic heterocycles. The van der Waals surface area contributed by atoms with Crippen LogP contribution in [0.2, 0.25) is 5.02 Å². The number of pyridine rings is 1. The lowest BCUT2D eigenvalue weighted by Crippen LogP contribution is -2.36. The summed E-state index contributed by atoms with van der Waals surface area (Å²) in [5, 5.41) is 0.161. The Morgan fingerprint density at radius 3 is 2.48 bits per heavy atom. The van der Waals surface area contributed by atoms with Crippen LogP contribution in [-0.4, -0.2) is 28.0 Å². The molecule has 1 saturated heterocycles. The van der Waals surface area contributed by atoms with Crippen LogP contribution in [0, 0.1) is 5.92 Å². The van der Waals surface area contributed by atoms with Gasteiger partial charge in [-0.1, -0.05) is 41.9 Å². The van der Waals surface area contributed by atoms with E-state index < -0.39 is 0 Å². The second-order valence-corrected chi connectivity index (χ2v) is 7.29. The van der Waals surface area contributed by atoms with Crippen molar-refractivity contribution in [3.63, 3.8) is 0 Å². The summed E-state index contributed by atoms with van der Waals surface area (Å²) in [6, 6.07) is 14.2. The molecule has 0 radical (unpaired) electrons. The molecule has 27 heavy (non-hydrogen) atoms. The molecule has 1 aliphatic rings. The molecule has 3 heterocycles. The molecular formula is C21H21ClN4O. The SMILES string of the molecule is O=c1[nH]c(-c2ccncc2)nc(N2CCC(Cc3ccccc3)CC2)c1Cl. The summed E-state index contributed by atoms with van der Waals surface area (Å²) in [6.07, 6.45) is 6.57. The van der Waals surface area contributed by atoms with Crippen molar-refractivity contribution in [2.24, 2.45) is 5.92 Å². The van der Waals surface area contributed by atoms with E-state index in [-0.39, 0.29) is 10.6 Å². The summed E-state index contributed by atoms with van der Waals surface area (Å²) < 4.78 is 0. The first-order valence-corrected chi connectivity index (χ1v) is 9.57. The molecule has 0 saturated carbocycles. The first-order valence-electron chi connectivity index (χ1n) is 9.20. The van der Waals surface area contributed by atoms with Crippen molar-refractivity contribution in [2.75, 3.05) is 18.0 Å². The standard InChI is InChI=1S/C21H21ClN4O/c22-18-20(24-19(25-21(18)27)17-6-10-23-11-7-17)26-12-8-16(9-13-26)14-15-4-2-1-3-5-15/h1-7,10-11,16H,8-9,12-14H2,(H,24,25,27). The fourth-order valence-corrected chi connectivity index (χ4v) is 3.81. The van der Waals surface area contributed by atoms with Gasteiger partial charge in [0.15, 0.2) is 5.82 Å². The van der Waals surface area contributed by atoms with Gasteiger partial charge >= 0.3 is 0 Å². The number of anilines is 1. The highest BCUT2D eigenvalue weighted by Gasteiger charge is 2.23. The molecule has 138 valence electrons. The van der Waals surface area contributed by atoms with Crippen molar-refractivity contribution in [3.05, 3.63) is 75.8 Å². The molecule has 1 N–H and O–H groups in total. The molecule has 0 unspecified atom stereocenters. The number of aromatic amines is 1. The zero-order valence-electron chi connectivity index (χ0n) is 14.9. The van der Waals surface area contributed by atoms with Gasteiger partial charge < -0.3 is 9.88 Å². The van der Waals surface area contributed by atoms with E-state index in [0.717, 1.165) is 37.9 Å². The molecule has 0 atom stereocenters. The minimum absolute atomic E-state index is 0.161. The average Bonchev–Trinajstić information content (AvgIpc) is 2.72. The van der Waals surface area contributed by atoms with Gasteiger partial charge in [0, 0.05) is 31.0 Å². The van der Waals surface area contributed by atoms with Crippen LogP contribution < -0.4 is 10.5 Å². The van der Waals surface area contributed by atoms with Crippen molar-refractivity contribution in [2.45, 2.75) is 19.3 Å². The van der Waals surface area contributed by atoms with Crippen LogP contribution in [0.3, 0.4) is 0 Å². The molecule has 6 heteroatoms. The van der Waals surface area contributed by atoms with Crippen molar-refractivity contribution >= 4 is 17.4 Å². The number of aromatic nitrogens is 3. The van der Waals surface area contributed by atoms with Crippen molar-refractivity contribution in [1.82, 2.24) is 15.0 Å². The molecule has 3 aromatic rings. The smallest absolute Gasteiger partial charge is 0.272 e. The zero-order chi connectivity index (χ0) is 18.6. The molecule has 1 fully saturated rings. The van der Waals surface area contributed by atoms with Crippen molar-refractivity contribution in [1.29, 1.82) is 0 Å². The van der Waals surface area contributed by atoms with E-state index in [1.807, 2.05) is 18.2 Å². The van der Waals surface area contributed by atoms with Crippen LogP contribution in [-0.2, 0) is 6.42 Å². The number of halogens is 1. The van der Waals surface area contributed by atoms with E-state index in [1.165, 1.54) is 5.56 Å². The summed E-state index contributed by atoms with van der Waals surface area (Å²) in [5.74, 6) is 1.74. The number of benzene rings is 1. The number of rotatable bonds is 4. The molecule has 0 spiro atoms. The lowest BCUT2D eigenvalue weighted by atomic mass is 9.90. The van der Waals surface area contributed by atoms with Gasteiger partial charge in [0.1, 0.15) is 10.8 Å². The minimum atomic E-state index is -0.306. The molecule has 0 amide bonds. The largest absolute Gasteiger partial charge is 0.355 e. The second-order valence-electron chi connectivity index (χ2n) is 6.91. The van der Waals surface area contributed by atoms with Gasteiger partial charge in [-0.3, -0.25) is 9.78 Å². The topological polar surface area (TPSA) is 61.9 Å². The monoisotopic (exact) mass is 380 g/mol. The fraction of sp³-hybridized carbons (Fsp3) is 0.286. The number of piperidine rings is 1. The Bertz CT molecular complexity index is 951. The summed E-state index contributed by atoms with van der Waals surface area (Å²) in [4.78, 5) is 25.9. The highest BCUT2D eigenvalue weighted by atomic mass is 35.5. The molecular weight excluding hydrogens is 360 g/mol. The third-order valence-electron chi connectivity index (χ3n) is 5.08. The van der Waals surface area contributed by atoms with Gasteiger partial charge in [0.05, 0.1) is 0 Å². The van der Waals surface area contributed by atoms with Crippen LogP contribution in [0.15, 0.2) is 59.7 Å². The second kappa shape index (κ2) is 7.92. The van der Waals surface area contributed by atoms with Gasteiger partial charge in [0.25, 0.3) is 5.56 Å². The number of nitrogens with one attached hydrogen (secondary N) is 1. The third-order valence-corrected chi connectivity index (χ3v) is 5.42. The maximum Gasteiger partial charge on any atom is 0.272 e. The summed E-state index contributed by atoms with van der Waals surface area (Å²) in [7, 11) is 0. The lowest BCUT2D eigenvalue weighted by Gasteiger charge is -2.33. The summed E-state index contributed by atoms with van der Waals surface area (Å²) in [5.41, 5.74) is 1.89. The van der Waals surface area contributed by atoms with Gasteiger partial charge in [0.2, 0.25) is 0 Å². The Kier molecular flexibility index (Phi) is 5.21. The van der Waals surface area contributed by atoms with Gasteiger partial charge in [-0.2, -0.15) is 0 Å². The zero-order valence-corrected chi connectivity index (χ0v) is 15.7. The van der Waals surface area contributed by atoms with E-state index in [1.54, 1.807) is 12.4 Å². The van der Waals surface area contributed by atoms with Gasteiger partial charge in [-0.15, -0.1) is 0 Å². The Balaban J connectivity index is 1.51. The highest BCUT2D eigenvalue weighted by Crippen LogP contribution is 2.28. The van der Waals surface area contributed by atoms with Crippen LogP contribution in [0.4, 0.5) is 5.82 Å². The summed E-state index contributed by atoms with van der Waals surface area (Å²) >= 11 is 6.29. The van der Waals surface area contributed by atoms with Crippen LogP contribution >= 0.6 is 11.6 Å². The number of H-pyrrole nitrogens is 1.